The second kappa shape index (κ2) is 3.87. The molecule has 0 saturated heterocycles. The Morgan fingerprint density at radius 1 is 1.50 bits per heavy atom. The standard InChI is InChI=1S/C6H12O.H3N/c1-2-7-6-4-3-5-6;/h6H,2-5H2,1H3;1H3. The molecule has 0 amide bonds. The van der Waals surface area contributed by atoms with Gasteiger partial charge in [-0.1, -0.05) is 0 Å². The lowest BCUT2D eigenvalue weighted by molar-refractivity contribution is 0.00995. The van der Waals surface area contributed by atoms with Gasteiger partial charge in [-0.05, 0) is 26.2 Å². The summed E-state index contributed by atoms with van der Waals surface area (Å²) in [5, 5.41) is 0. The molecular formula is C6H15NO. The fourth-order valence-electron chi connectivity index (χ4n) is 0.773. The first-order chi connectivity index (χ1) is 3.43. The summed E-state index contributed by atoms with van der Waals surface area (Å²) in [6.45, 7) is 2.95. The van der Waals surface area contributed by atoms with Gasteiger partial charge in [-0.2, -0.15) is 0 Å². The highest BCUT2D eigenvalue weighted by Crippen LogP contribution is 2.21. The van der Waals surface area contributed by atoms with Crippen LogP contribution in [0.4, 0.5) is 0 Å². The van der Waals surface area contributed by atoms with Crippen LogP contribution >= 0.6 is 0 Å². The summed E-state index contributed by atoms with van der Waals surface area (Å²) < 4.78 is 5.28. The normalized spacial score (nSPS) is 19.1. The molecule has 1 aliphatic carbocycles. The zero-order chi connectivity index (χ0) is 5.11. The molecule has 0 aromatic rings. The van der Waals surface area contributed by atoms with Crippen LogP contribution in [0.2, 0.25) is 0 Å². The van der Waals surface area contributed by atoms with Crippen molar-refractivity contribution in [1.29, 1.82) is 0 Å². The minimum atomic E-state index is 0. The summed E-state index contributed by atoms with van der Waals surface area (Å²) in [7, 11) is 0. The van der Waals surface area contributed by atoms with Crippen molar-refractivity contribution in [2.75, 3.05) is 6.61 Å². The molecule has 0 aromatic heterocycles. The summed E-state index contributed by atoms with van der Waals surface area (Å²) in [4.78, 5) is 0. The molecule has 2 nitrogen and oxygen atoms in total. The monoisotopic (exact) mass is 117 g/mol. The molecule has 0 heterocycles. The van der Waals surface area contributed by atoms with Crippen molar-refractivity contribution in [2.24, 2.45) is 0 Å². The summed E-state index contributed by atoms with van der Waals surface area (Å²) in [6, 6.07) is 0. The fraction of sp³-hybridized carbons (Fsp3) is 1.00. The van der Waals surface area contributed by atoms with Gasteiger partial charge in [0, 0.05) is 6.61 Å². The molecule has 0 unspecified atom stereocenters. The zero-order valence-electron chi connectivity index (χ0n) is 5.52. The number of rotatable bonds is 2. The van der Waals surface area contributed by atoms with E-state index >= 15 is 0 Å². The van der Waals surface area contributed by atoms with Gasteiger partial charge in [0.15, 0.2) is 0 Å². The van der Waals surface area contributed by atoms with Crippen LogP contribution in [0, 0.1) is 0 Å². The maximum atomic E-state index is 5.28. The predicted molar refractivity (Wildman–Crippen MR) is 34.3 cm³/mol. The quantitative estimate of drug-likeness (QED) is 0.598. The molecule has 0 atom stereocenters. The Balaban J connectivity index is 0.000000490. The van der Waals surface area contributed by atoms with Gasteiger partial charge in [0.1, 0.15) is 0 Å². The van der Waals surface area contributed by atoms with Crippen LogP contribution in [0.5, 0.6) is 0 Å². The van der Waals surface area contributed by atoms with Crippen LogP contribution in [0.15, 0.2) is 0 Å². The van der Waals surface area contributed by atoms with Gasteiger partial charge in [0.05, 0.1) is 6.10 Å². The second-order valence-corrected chi connectivity index (χ2v) is 2.01. The van der Waals surface area contributed by atoms with E-state index in [-0.39, 0.29) is 6.15 Å². The molecule has 0 radical (unpaired) electrons. The average Bonchev–Trinajstić information content (AvgIpc) is 1.55. The third-order valence-electron chi connectivity index (χ3n) is 1.45. The smallest absolute Gasteiger partial charge is 0.0575 e. The molecule has 0 spiro atoms. The Kier molecular flexibility index (Phi) is 3.83. The van der Waals surface area contributed by atoms with Crippen LogP contribution in [0.25, 0.3) is 0 Å². The third kappa shape index (κ3) is 1.80. The first-order valence-electron chi connectivity index (χ1n) is 3.05. The minimum Gasteiger partial charge on any atom is -0.379 e. The maximum absolute atomic E-state index is 5.28. The molecule has 1 fully saturated rings. The van der Waals surface area contributed by atoms with Crippen molar-refractivity contribution >= 4 is 0 Å². The van der Waals surface area contributed by atoms with Crippen LogP contribution in [-0.2, 0) is 4.74 Å². The lowest BCUT2D eigenvalue weighted by atomic mass is 9.96. The average molecular weight is 117 g/mol. The molecule has 0 aromatic carbocycles. The highest BCUT2D eigenvalue weighted by molar-refractivity contribution is 4.68. The minimum absolute atomic E-state index is 0. The number of ether oxygens (including phenoxy) is 1. The summed E-state index contributed by atoms with van der Waals surface area (Å²) in [5.41, 5.74) is 0. The van der Waals surface area contributed by atoms with Crippen LogP contribution in [0.1, 0.15) is 26.2 Å². The van der Waals surface area contributed by atoms with Gasteiger partial charge >= 0.3 is 0 Å². The van der Waals surface area contributed by atoms with Crippen LogP contribution in [-0.4, -0.2) is 12.7 Å². The van der Waals surface area contributed by atoms with Gasteiger partial charge in [0.25, 0.3) is 0 Å². The molecule has 8 heavy (non-hydrogen) atoms. The molecule has 1 saturated carbocycles. The molecule has 0 bridgehead atoms. The predicted octanol–water partition coefficient (Wildman–Crippen LogP) is 1.74. The van der Waals surface area contributed by atoms with E-state index in [1.54, 1.807) is 0 Å². The third-order valence-corrected chi connectivity index (χ3v) is 1.45. The highest BCUT2D eigenvalue weighted by Gasteiger charge is 2.15. The fourth-order valence-corrected chi connectivity index (χ4v) is 0.773. The Morgan fingerprint density at radius 2 is 2.12 bits per heavy atom. The number of hydrogen-bond acceptors (Lipinski definition) is 2. The van der Waals surface area contributed by atoms with Crippen molar-refractivity contribution in [3.8, 4) is 0 Å². The van der Waals surface area contributed by atoms with Crippen molar-refractivity contribution in [2.45, 2.75) is 32.3 Å². The molecule has 0 aliphatic heterocycles. The molecule has 1 aliphatic rings. The first-order valence-corrected chi connectivity index (χ1v) is 3.05. The summed E-state index contributed by atoms with van der Waals surface area (Å²) in [5.74, 6) is 0. The van der Waals surface area contributed by atoms with Gasteiger partial charge in [-0.3, -0.25) is 0 Å². The maximum Gasteiger partial charge on any atom is 0.0575 e. The first kappa shape index (κ1) is 7.92. The SMILES string of the molecule is CCOC1CCC1.N. The van der Waals surface area contributed by atoms with Gasteiger partial charge < -0.3 is 10.9 Å². The molecular weight excluding hydrogens is 102 g/mol. The van der Waals surface area contributed by atoms with E-state index in [0.29, 0.717) is 6.10 Å². The van der Waals surface area contributed by atoms with Crippen molar-refractivity contribution in [1.82, 2.24) is 6.15 Å². The Bertz CT molecular complexity index is 52.5. The number of hydrogen-bond donors (Lipinski definition) is 1. The highest BCUT2D eigenvalue weighted by atomic mass is 16.5. The second-order valence-electron chi connectivity index (χ2n) is 2.01. The van der Waals surface area contributed by atoms with Gasteiger partial charge in [0.2, 0.25) is 0 Å². The molecule has 50 valence electrons. The zero-order valence-corrected chi connectivity index (χ0v) is 5.52. The Labute approximate surface area is 50.8 Å². The van der Waals surface area contributed by atoms with Crippen molar-refractivity contribution in [3.05, 3.63) is 0 Å². The van der Waals surface area contributed by atoms with E-state index in [0.717, 1.165) is 6.61 Å². The van der Waals surface area contributed by atoms with E-state index < -0.39 is 0 Å². The van der Waals surface area contributed by atoms with E-state index in [1.807, 2.05) is 0 Å². The van der Waals surface area contributed by atoms with Crippen molar-refractivity contribution in [3.63, 3.8) is 0 Å². The Morgan fingerprint density at radius 3 is 2.25 bits per heavy atom. The topological polar surface area (TPSA) is 44.2 Å². The van der Waals surface area contributed by atoms with Crippen LogP contribution < -0.4 is 6.15 Å². The van der Waals surface area contributed by atoms with E-state index in [4.69, 9.17) is 4.74 Å². The van der Waals surface area contributed by atoms with Gasteiger partial charge in [-0.25, -0.2) is 0 Å². The molecule has 1 rings (SSSR count). The lowest BCUT2D eigenvalue weighted by Gasteiger charge is -2.24. The van der Waals surface area contributed by atoms with Crippen LogP contribution in [0.3, 0.4) is 0 Å². The largest absolute Gasteiger partial charge is 0.379 e. The Hall–Kier alpha value is -0.0800. The summed E-state index contributed by atoms with van der Waals surface area (Å²) >= 11 is 0. The van der Waals surface area contributed by atoms with E-state index in [9.17, 15) is 0 Å². The van der Waals surface area contributed by atoms with E-state index in [2.05, 4.69) is 6.92 Å². The lowest BCUT2D eigenvalue weighted by Crippen LogP contribution is -2.20. The van der Waals surface area contributed by atoms with E-state index in [1.165, 1.54) is 19.3 Å². The van der Waals surface area contributed by atoms with Gasteiger partial charge in [-0.15, -0.1) is 0 Å². The molecule has 2 heteroatoms. The summed E-state index contributed by atoms with van der Waals surface area (Å²) in [6.07, 6.45) is 4.61. The molecule has 3 N–H and O–H groups in total. The van der Waals surface area contributed by atoms with Crippen molar-refractivity contribution < 1.29 is 4.74 Å².